The van der Waals surface area contributed by atoms with E-state index in [1.54, 1.807) is 17.0 Å². The third-order valence-electron chi connectivity index (χ3n) is 2.70. The van der Waals surface area contributed by atoms with Crippen molar-refractivity contribution in [3.05, 3.63) is 29.3 Å². The normalized spacial score (nSPS) is 15.5. The highest BCUT2D eigenvalue weighted by molar-refractivity contribution is 5.96. The van der Waals surface area contributed by atoms with E-state index in [0.29, 0.717) is 12.0 Å². The number of nitriles is 1. The molecule has 0 saturated carbocycles. The monoisotopic (exact) mass is 200 g/mol. The summed E-state index contributed by atoms with van der Waals surface area (Å²) in [5, 5.41) is 8.81. The van der Waals surface area contributed by atoms with Crippen LogP contribution in [0.25, 0.3) is 0 Å². The molecule has 0 bridgehead atoms. The van der Waals surface area contributed by atoms with E-state index in [9.17, 15) is 4.79 Å². The van der Waals surface area contributed by atoms with Gasteiger partial charge in [0.15, 0.2) is 0 Å². The van der Waals surface area contributed by atoms with Crippen LogP contribution in [-0.4, -0.2) is 12.5 Å². The first-order valence-electron chi connectivity index (χ1n) is 5.03. The standard InChI is InChI=1S/C12H12N2O/c1-9-4-5-10(8-13)7-11(9)14-6-2-3-12(14)15/h4-5,7H,2-3,6H2,1H3. The average molecular weight is 200 g/mol. The highest BCUT2D eigenvalue weighted by atomic mass is 16.2. The van der Waals surface area contributed by atoms with Crippen molar-refractivity contribution in [1.82, 2.24) is 0 Å². The van der Waals surface area contributed by atoms with E-state index >= 15 is 0 Å². The van der Waals surface area contributed by atoms with Gasteiger partial charge in [0, 0.05) is 18.7 Å². The molecule has 1 fully saturated rings. The molecular weight excluding hydrogens is 188 g/mol. The number of rotatable bonds is 1. The fourth-order valence-electron chi connectivity index (χ4n) is 1.87. The van der Waals surface area contributed by atoms with Crippen molar-refractivity contribution in [2.75, 3.05) is 11.4 Å². The molecule has 0 aromatic heterocycles. The van der Waals surface area contributed by atoms with Gasteiger partial charge < -0.3 is 4.90 Å². The number of carbonyl (C=O) groups excluding carboxylic acids is 1. The van der Waals surface area contributed by atoms with Gasteiger partial charge in [-0.15, -0.1) is 0 Å². The summed E-state index contributed by atoms with van der Waals surface area (Å²) < 4.78 is 0. The third kappa shape index (κ3) is 1.71. The van der Waals surface area contributed by atoms with Crippen molar-refractivity contribution in [3.8, 4) is 6.07 Å². The molecule has 0 radical (unpaired) electrons. The Kier molecular flexibility index (Phi) is 2.42. The van der Waals surface area contributed by atoms with Gasteiger partial charge in [0.05, 0.1) is 11.6 Å². The molecule has 0 spiro atoms. The van der Waals surface area contributed by atoms with Gasteiger partial charge >= 0.3 is 0 Å². The Morgan fingerprint density at radius 3 is 2.87 bits per heavy atom. The molecule has 1 aromatic rings. The smallest absolute Gasteiger partial charge is 0.227 e. The Morgan fingerprint density at radius 1 is 1.47 bits per heavy atom. The minimum Gasteiger partial charge on any atom is -0.312 e. The summed E-state index contributed by atoms with van der Waals surface area (Å²) in [6.45, 7) is 2.73. The van der Waals surface area contributed by atoms with Gasteiger partial charge in [0.25, 0.3) is 0 Å². The van der Waals surface area contributed by atoms with Crippen LogP contribution in [-0.2, 0) is 4.79 Å². The fraction of sp³-hybridized carbons (Fsp3) is 0.333. The van der Waals surface area contributed by atoms with Gasteiger partial charge in [-0.2, -0.15) is 5.26 Å². The summed E-state index contributed by atoms with van der Waals surface area (Å²) in [5.74, 6) is 0.160. The maximum absolute atomic E-state index is 11.6. The zero-order valence-electron chi connectivity index (χ0n) is 8.66. The first kappa shape index (κ1) is 9.72. The van der Waals surface area contributed by atoms with Crippen molar-refractivity contribution >= 4 is 11.6 Å². The summed E-state index contributed by atoms with van der Waals surface area (Å²) in [5.41, 5.74) is 2.54. The van der Waals surface area contributed by atoms with Crippen LogP contribution in [0.2, 0.25) is 0 Å². The molecule has 1 aliphatic heterocycles. The molecule has 0 unspecified atom stereocenters. The van der Waals surface area contributed by atoms with Gasteiger partial charge in [0.1, 0.15) is 0 Å². The third-order valence-corrected chi connectivity index (χ3v) is 2.70. The van der Waals surface area contributed by atoms with E-state index in [4.69, 9.17) is 5.26 Å². The number of carbonyl (C=O) groups is 1. The minimum absolute atomic E-state index is 0.160. The van der Waals surface area contributed by atoms with Crippen LogP contribution in [0.4, 0.5) is 5.69 Å². The Morgan fingerprint density at radius 2 is 2.27 bits per heavy atom. The van der Waals surface area contributed by atoms with Crippen molar-refractivity contribution < 1.29 is 4.79 Å². The molecule has 1 aliphatic rings. The van der Waals surface area contributed by atoms with E-state index in [2.05, 4.69) is 6.07 Å². The van der Waals surface area contributed by atoms with Crippen LogP contribution >= 0.6 is 0 Å². The van der Waals surface area contributed by atoms with Gasteiger partial charge in [-0.3, -0.25) is 4.79 Å². The molecule has 2 rings (SSSR count). The van der Waals surface area contributed by atoms with Crippen molar-refractivity contribution in [3.63, 3.8) is 0 Å². The molecule has 0 N–H and O–H groups in total. The summed E-state index contributed by atoms with van der Waals surface area (Å²) in [6.07, 6.45) is 1.53. The van der Waals surface area contributed by atoms with E-state index in [1.165, 1.54) is 0 Å². The zero-order valence-corrected chi connectivity index (χ0v) is 8.66. The van der Waals surface area contributed by atoms with E-state index in [1.807, 2.05) is 13.0 Å². The first-order chi connectivity index (χ1) is 7.22. The fourth-order valence-corrected chi connectivity index (χ4v) is 1.87. The lowest BCUT2D eigenvalue weighted by atomic mass is 10.1. The number of nitrogens with zero attached hydrogens (tertiary/aromatic N) is 2. The maximum atomic E-state index is 11.6. The number of benzene rings is 1. The second kappa shape index (κ2) is 3.74. The van der Waals surface area contributed by atoms with Crippen LogP contribution in [0.1, 0.15) is 24.0 Å². The predicted octanol–water partition coefficient (Wildman–Crippen LogP) is 1.99. The average Bonchev–Trinajstić information content (AvgIpc) is 2.65. The van der Waals surface area contributed by atoms with Gasteiger partial charge in [-0.1, -0.05) is 6.07 Å². The first-order valence-corrected chi connectivity index (χ1v) is 5.03. The molecule has 3 nitrogen and oxygen atoms in total. The van der Waals surface area contributed by atoms with Crippen LogP contribution in [0.15, 0.2) is 18.2 Å². The number of aryl methyl sites for hydroxylation is 1. The molecule has 1 amide bonds. The van der Waals surface area contributed by atoms with Gasteiger partial charge in [-0.25, -0.2) is 0 Å². The Bertz CT molecular complexity index is 445. The SMILES string of the molecule is Cc1ccc(C#N)cc1N1CCCC1=O. The number of hydrogen-bond donors (Lipinski definition) is 0. The summed E-state index contributed by atoms with van der Waals surface area (Å²) in [7, 11) is 0. The van der Waals surface area contributed by atoms with Crippen molar-refractivity contribution in [2.24, 2.45) is 0 Å². The predicted molar refractivity (Wildman–Crippen MR) is 57.5 cm³/mol. The van der Waals surface area contributed by atoms with Crippen molar-refractivity contribution in [2.45, 2.75) is 19.8 Å². The highest BCUT2D eigenvalue weighted by Crippen LogP contribution is 2.25. The molecule has 1 saturated heterocycles. The molecule has 3 heteroatoms. The zero-order chi connectivity index (χ0) is 10.8. The molecule has 15 heavy (non-hydrogen) atoms. The summed E-state index contributed by atoms with van der Waals surface area (Å²) in [6, 6.07) is 7.55. The Labute approximate surface area is 88.9 Å². The lowest BCUT2D eigenvalue weighted by Gasteiger charge is -2.18. The summed E-state index contributed by atoms with van der Waals surface area (Å²) >= 11 is 0. The van der Waals surface area contributed by atoms with Gasteiger partial charge in [-0.05, 0) is 31.0 Å². The maximum Gasteiger partial charge on any atom is 0.227 e. The lowest BCUT2D eigenvalue weighted by Crippen LogP contribution is -2.24. The number of anilines is 1. The van der Waals surface area contributed by atoms with Crippen LogP contribution in [0.5, 0.6) is 0 Å². The highest BCUT2D eigenvalue weighted by Gasteiger charge is 2.22. The molecular formula is C12H12N2O. The van der Waals surface area contributed by atoms with E-state index < -0.39 is 0 Å². The van der Waals surface area contributed by atoms with E-state index in [-0.39, 0.29) is 5.91 Å². The molecule has 0 aliphatic carbocycles. The second-order valence-corrected chi connectivity index (χ2v) is 3.76. The summed E-state index contributed by atoms with van der Waals surface area (Å²) in [4.78, 5) is 13.3. The lowest BCUT2D eigenvalue weighted by molar-refractivity contribution is -0.117. The molecule has 1 aromatic carbocycles. The number of amides is 1. The van der Waals surface area contributed by atoms with Gasteiger partial charge in [0.2, 0.25) is 5.91 Å². The molecule has 0 atom stereocenters. The molecule has 76 valence electrons. The Hall–Kier alpha value is -1.82. The largest absolute Gasteiger partial charge is 0.312 e. The Balaban J connectivity index is 2.43. The second-order valence-electron chi connectivity index (χ2n) is 3.76. The van der Waals surface area contributed by atoms with Crippen LogP contribution in [0, 0.1) is 18.3 Å². The quantitative estimate of drug-likeness (QED) is 0.695. The van der Waals surface area contributed by atoms with Crippen molar-refractivity contribution in [1.29, 1.82) is 5.26 Å². The minimum atomic E-state index is 0.160. The molecule has 1 heterocycles. The topological polar surface area (TPSA) is 44.1 Å². The van der Waals surface area contributed by atoms with Crippen LogP contribution < -0.4 is 4.90 Å². The van der Waals surface area contributed by atoms with Crippen LogP contribution in [0.3, 0.4) is 0 Å². The van der Waals surface area contributed by atoms with E-state index in [0.717, 1.165) is 24.2 Å². The number of hydrogen-bond acceptors (Lipinski definition) is 2.